The van der Waals surface area contributed by atoms with Gasteiger partial charge in [-0.05, 0) is 24.0 Å². The van der Waals surface area contributed by atoms with Crippen molar-refractivity contribution in [1.29, 1.82) is 0 Å². The van der Waals surface area contributed by atoms with Crippen LogP contribution < -0.4 is 5.73 Å². The van der Waals surface area contributed by atoms with Crippen molar-refractivity contribution in [2.75, 3.05) is 6.54 Å². The Balaban J connectivity index is 4.42. The average Bonchev–Trinajstić information content (AvgIpc) is 2.09. The maximum Gasteiger partial charge on any atom is 0.554 e. The van der Waals surface area contributed by atoms with Crippen molar-refractivity contribution in [3.05, 3.63) is 0 Å². The summed E-state index contributed by atoms with van der Waals surface area (Å²) in [5.74, 6) is 0. The van der Waals surface area contributed by atoms with Gasteiger partial charge in [0.05, 0.1) is 0 Å². The Morgan fingerprint density at radius 1 is 1.27 bits per heavy atom. The van der Waals surface area contributed by atoms with E-state index >= 15 is 0 Å². The van der Waals surface area contributed by atoms with Gasteiger partial charge in [0, 0.05) is 6.42 Å². The van der Waals surface area contributed by atoms with E-state index in [-0.39, 0.29) is 6.42 Å². The molecule has 90 valence electrons. The fourth-order valence-electron chi connectivity index (χ4n) is 1.04. The smallest absolute Gasteiger partial charge is 0.337 e. The van der Waals surface area contributed by atoms with E-state index in [2.05, 4.69) is 0 Å². The lowest BCUT2D eigenvalue weighted by Gasteiger charge is -2.16. The van der Waals surface area contributed by atoms with Crippen LogP contribution in [0.3, 0.4) is 0 Å². The highest BCUT2D eigenvalue weighted by molar-refractivity contribution is 7.66. The normalized spacial score (nSPS) is 17.3. The second kappa shape index (κ2) is 6.01. The van der Waals surface area contributed by atoms with Crippen LogP contribution in [0.2, 0.25) is 0 Å². The Hall–Kier alpha value is 0.130. The van der Waals surface area contributed by atoms with Gasteiger partial charge in [0.1, 0.15) is 0 Å². The van der Waals surface area contributed by atoms with E-state index in [1.165, 1.54) is 0 Å². The largest absolute Gasteiger partial charge is 0.554 e. The van der Waals surface area contributed by atoms with Crippen LogP contribution in [0, 0.1) is 0 Å². The number of hydrogen-bond acceptors (Lipinski definition) is 4. The number of rotatable bonds is 7. The molecule has 0 amide bonds. The molecule has 15 heavy (non-hydrogen) atoms. The molecular formula is C6H16NO6P2+. The number of hydrogen-bond donors (Lipinski definition) is 5. The molecule has 0 rings (SSSR count). The molecule has 0 aromatic rings. The van der Waals surface area contributed by atoms with Crippen LogP contribution in [0.15, 0.2) is 0 Å². The van der Waals surface area contributed by atoms with Crippen LogP contribution >= 0.6 is 15.6 Å². The van der Waals surface area contributed by atoms with Crippen molar-refractivity contribution >= 4 is 15.6 Å². The van der Waals surface area contributed by atoms with E-state index in [1.54, 1.807) is 0 Å². The molecule has 0 aliphatic rings. The molecule has 2 unspecified atom stereocenters. The van der Waals surface area contributed by atoms with Crippen LogP contribution in [0.4, 0.5) is 0 Å². The van der Waals surface area contributed by atoms with Gasteiger partial charge in [-0.2, -0.15) is 4.89 Å². The molecule has 0 aromatic heterocycles. The van der Waals surface area contributed by atoms with Crippen LogP contribution in [0.1, 0.15) is 25.7 Å². The van der Waals surface area contributed by atoms with Gasteiger partial charge in [0.25, 0.3) is 0 Å². The molecule has 2 atom stereocenters. The van der Waals surface area contributed by atoms with Gasteiger partial charge in [-0.25, -0.2) is 0 Å². The molecule has 0 heterocycles. The van der Waals surface area contributed by atoms with E-state index in [4.69, 9.17) is 20.4 Å². The minimum Gasteiger partial charge on any atom is -0.337 e. The molecule has 0 aromatic carbocycles. The van der Waals surface area contributed by atoms with E-state index in [9.17, 15) is 14.2 Å². The van der Waals surface area contributed by atoms with Gasteiger partial charge >= 0.3 is 20.7 Å². The highest BCUT2D eigenvalue weighted by Crippen LogP contribution is 2.62. The van der Waals surface area contributed by atoms with Gasteiger partial charge < -0.3 is 20.6 Å². The van der Waals surface area contributed by atoms with E-state index in [0.717, 1.165) is 0 Å². The molecule has 9 heteroatoms. The molecular weight excluding hydrogens is 244 g/mol. The Labute approximate surface area is 88.3 Å². The predicted molar refractivity (Wildman–Crippen MR) is 54.3 cm³/mol. The third-order valence-electron chi connectivity index (χ3n) is 1.99. The summed E-state index contributed by atoms with van der Waals surface area (Å²) in [6.45, 7) is 0.430. The van der Waals surface area contributed by atoms with Crippen molar-refractivity contribution in [1.82, 2.24) is 0 Å². The van der Waals surface area contributed by atoms with Gasteiger partial charge in [0.2, 0.25) is 0 Å². The molecule has 6 N–H and O–H groups in total. The van der Waals surface area contributed by atoms with Gasteiger partial charge in [-0.1, -0.05) is 6.42 Å². The quantitative estimate of drug-likeness (QED) is 0.322. The minimum absolute atomic E-state index is 0.237. The molecule has 0 bridgehead atoms. The zero-order valence-electron chi connectivity index (χ0n) is 8.11. The Morgan fingerprint density at radius 2 is 1.80 bits per heavy atom. The summed E-state index contributed by atoms with van der Waals surface area (Å²) < 4.78 is 21.5. The SMILES string of the molecule is NCCCCCC(O)([P+](=O)O)P(=O)(O)O. The number of unbranched alkanes of at least 4 members (excludes halogenated alkanes) is 2. The first-order valence-electron chi connectivity index (χ1n) is 4.40. The molecule has 0 aliphatic carbocycles. The van der Waals surface area contributed by atoms with E-state index in [0.29, 0.717) is 19.4 Å². The van der Waals surface area contributed by atoms with Crippen molar-refractivity contribution in [3.8, 4) is 0 Å². The first-order valence-corrected chi connectivity index (χ1v) is 7.22. The standard InChI is InChI=1S/C6H15NO6P2/c7-5-3-1-2-4-6(8,14(9)10)15(11,12)13/h8H,1-5,7H2,(H2-,9,10,11,12,13)/p+1. The third-order valence-corrected chi connectivity index (χ3v) is 5.28. The maximum absolute atomic E-state index is 10.8. The topological polar surface area (TPSA) is 141 Å². The van der Waals surface area contributed by atoms with E-state index < -0.39 is 27.1 Å². The fraction of sp³-hybridized carbons (Fsp3) is 1.00. The number of nitrogens with two attached hydrogens (primary N) is 1. The zero-order valence-corrected chi connectivity index (χ0v) is 9.90. The minimum atomic E-state index is -5.00. The average molecular weight is 260 g/mol. The van der Waals surface area contributed by atoms with Gasteiger partial charge in [0.15, 0.2) is 0 Å². The molecule has 0 saturated carbocycles. The van der Waals surface area contributed by atoms with E-state index in [1.807, 2.05) is 0 Å². The maximum atomic E-state index is 10.8. The zero-order chi connectivity index (χ0) is 12.1. The summed E-state index contributed by atoms with van der Waals surface area (Å²) in [7, 11) is -8.35. The molecule has 0 aliphatic heterocycles. The summed E-state index contributed by atoms with van der Waals surface area (Å²) in [6.07, 6.45) is 1.00. The Kier molecular flexibility index (Phi) is 6.06. The molecule has 0 radical (unpaired) electrons. The molecule has 0 fully saturated rings. The third kappa shape index (κ3) is 4.25. The lowest BCUT2D eigenvalue weighted by atomic mass is 10.2. The lowest BCUT2D eigenvalue weighted by molar-refractivity contribution is 0.143. The fourth-order valence-corrected chi connectivity index (χ4v) is 2.73. The summed E-state index contributed by atoms with van der Waals surface area (Å²) >= 11 is 0. The van der Waals surface area contributed by atoms with Gasteiger partial charge in [-0.15, -0.1) is 0 Å². The molecule has 7 nitrogen and oxygen atoms in total. The Bertz CT molecular complexity index is 266. The predicted octanol–water partition coefficient (Wildman–Crippen LogP) is 0.0640. The lowest BCUT2D eigenvalue weighted by Crippen LogP contribution is -2.24. The number of aliphatic hydroxyl groups is 1. The molecule has 0 spiro atoms. The van der Waals surface area contributed by atoms with Crippen LogP contribution in [0.25, 0.3) is 0 Å². The van der Waals surface area contributed by atoms with Gasteiger partial charge in [-0.3, -0.25) is 4.57 Å². The van der Waals surface area contributed by atoms with Crippen molar-refractivity contribution < 1.29 is 28.9 Å². The summed E-state index contributed by atoms with van der Waals surface area (Å²) in [4.78, 5) is 26.2. The second-order valence-corrected chi connectivity index (χ2v) is 6.66. The highest BCUT2D eigenvalue weighted by atomic mass is 31.2. The van der Waals surface area contributed by atoms with Crippen molar-refractivity contribution in [2.45, 2.75) is 30.8 Å². The van der Waals surface area contributed by atoms with Crippen molar-refractivity contribution in [2.24, 2.45) is 5.73 Å². The monoisotopic (exact) mass is 260 g/mol. The summed E-state index contributed by atoms with van der Waals surface area (Å²) in [5.41, 5.74) is 5.20. The molecule has 0 saturated heterocycles. The summed E-state index contributed by atoms with van der Waals surface area (Å²) in [5, 5.41) is 6.57. The van der Waals surface area contributed by atoms with Crippen LogP contribution in [0.5, 0.6) is 0 Å². The van der Waals surface area contributed by atoms with Crippen LogP contribution in [-0.4, -0.2) is 31.4 Å². The highest BCUT2D eigenvalue weighted by Gasteiger charge is 2.62. The van der Waals surface area contributed by atoms with Crippen LogP contribution in [-0.2, 0) is 9.13 Å². The first-order chi connectivity index (χ1) is 6.75. The summed E-state index contributed by atoms with van der Waals surface area (Å²) in [6, 6.07) is 0. The Morgan fingerprint density at radius 3 is 2.13 bits per heavy atom. The first kappa shape index (κ1) is 15.1. The van der Waals surface area contributed by atoms with Crippen molar-refractivity contribution in [3.63, 3.8) is 0 Å². The second-order valence-electron chi connectivity index (χ2n) is 3.19.